The monoisotopic (exact) mass is 352 g/mol. The van der Waals surface area contributed by atoms with E-state index in [0.29, 0.717) is 22.5 Å². The molecule has 0 saturated heterocycles. The summed E-state index contributed by atoms with van der Waals surface area (Å²) in [5, 5.41) is 0. The summed E-state index contributed by atoms with van der Waals surface area (Å²) in [6, 6.07) is -0.834. The Labute approximate surface area is 148 Å². The van der Waals surface area contributed by atoms with E-state index in [-0.39, 0.29) is 24.3 Å². The minimum Gasteiger partial charge on any atom is -0.464 e. The van der Waals surface area contributed by atoms with Gasteiger partial charge in [0, 0.05) is 31.5 Å². The van der Waals surface area contributed by atoms with Crippen molar-refractivity contribution in [3.8, 4) is 0 Å². The molecule has 0 aliphatic heterocycles. The number of amides is 1. The van der Waals surface area contributed by atoms with Gasteiger partial charge < -0.3 is 18.9 Å². The molecule has 0 fully saturated rings. The Hall–Kier alpha value is -2.15. The summed E-state index contributed by atoms with van der Waals surface area (Å²) in [4.78, 5) is 39.0. The van der Waals surface area contributed by atoms with E-state index in [2.05, 4.69) is 0 Å². The summed E-state index contributed by atoms with van der Waals surface area (Å²) >= 11 is 0. The van der Waals surface area contributed by atoms with Crippen LogP contribution in [0.5, 0.6) is 0 Å². The van der Waals surface area contributed by atoms with Gasteiger partial charge in [0.25, 0.3) is 0 Å². The number of ketones is 1. The first-order chi connectivity index (χ1) is 11.6. The Bertz CT molecular complexity index is 675. The molecule has 0 aromatic carbocycles. The van der Waals surface area contributed by atoms with Gasteiger partial charge in [0.05, 0.1) is 13.2 Å². The number of carbonyl (C=O) groups is 3. The van der Waals surface area contributed by atoms with Crippen LogP contribution in [0.25, 0.3) is 0 Å². The largest absolute Gasteiger partial charge is 0.464 e. The molecule has 1 heterocycles. The lowest BCUT2D eigenvalue weighted by atomic mass is 9.99. The topological polar surface area (TPSA) is 77.8 Å². The number of esters is 1. The van der Waals surface area contributed by atoms with Crippen molar-refractivity contribution in [3.05, 3.63) is 22.5 Å². The number of carbonyl (C=O) groups excluding carboxylic acids is 3. The quantitative estimate of drug-likeness (QED) is 0.553. The zero-order valence-corrected chi connectivity index (χ0v) is 16.3. The third-order valence-electron chi connectivity index (χ3n) is 4.46. The van der Waals surface area contributed by atoms with Gasteiger partial charge in [-0.05, 0) is 40.2 Å². The first-order valence-electron chi connectivity index (χ1n) is 8.18. The molecule has 0 bridgehead atoms. The molecule has 7 heteroatoms. The van der Waals surface area contributed by atoms with Crippen LogP contribution in [0.2, 0.25) is 0 Å². The van der Waals surface area contributed by atoms with Crippen molar-refractivity contribution in [3.63, 3.8) is 0 Å². The van der Waals surface area contributed by atoms with Gasteiger partial charge in [-0.2, -0.15) is 0 Å². The number of hydrogen-bond donors (Lipinski definition) is 0. The third kappa shape index (κ3) is 3.92. The molecule has 0 spiro atoms. The second kappa shape index (κ2) is 8.29. The Morgan fingerprint density at radius 3 is 2.12 bits per heavy atom. The predicted octanol–water partition coefficient (Wildman–Crippen LogP) is 1.88. The maximum absolute atomic E-state index is 13.1. The molecule has 0 N–H and O–H groups in total. The van der Waals surface area contributed by atoms with E-state index >= 15 is 0 Å². The maximum atomic E-state index is 13.1. The van der Waals surface area contributed by atoms with Gasteiger partial charge in [-0.15, -0.1) is 0 Å². The maximum Gasteiger partial charge on any atom is 0.354 e. The third-order valence-corrected chi connectivity index (χ3v) is 4.46. The van der Waals surface area contributed by atoms with Crippen LogP contribution in [0, 0.1) is 13.8 Å². The SMILES string of the molecule is COCC(=O)N(C(C)C)C(C)C(=O)c1c(C)c(C(=O)OC)n(C)c1C. The molecule has 1 atom stereocenters. The summed E-state index contributed by atoms with van der Waals surface area (Å²) in [7, 11) is 4.46. The average Bonchev–Trinajstić information content (AvgIpc) is 2.75. The van der Waals surface area contributed by atoms with Crippen LogP contribution in [-0.4, -0.2) is 60.0 Å². The van der Waals surface area contributed by atoms with E-state index in [0.717, 1.165) is 0 Å². The van der Waals surface area contributed by atoms with Gasteiger partial charge in [-0.25, -0.2) is 4.79 Å². The van der Waals surface area contributed by atoms with Crippen LogP contribution < -0.4 is 0 Å². The highest BCUT2D eigenvalue weighted by atomic mass is 16.5. The first kappa shape index (κ1) is 20.9. The molecule has 1 rings (SSSR count). The number of hydrogen-bond acceptors (Lipinski definition) is 5. The highest BCUT2D eigenvalue weighted by Crippen LogP contribution is 2.25. The second-order valence-electron chi connectivity index (χ2n) is 6.35. The van der Waals surface area contributed by atoms with Gasteiger partial charge in [0.1, 0.15) is 12.3 Å². The zero-order valence-electron chi connectivity index (χ0n) is 16.3. The number of nitrogens with zero attached hydrogens (tertiary/aromatic N) is 2. The molecular formula is C18H28N2O5. The molecule has 7 nitrogen and oxygen atoms in total. The zero-order chi connectivity index (χ0) is 19.5. The van der Waals surface area contributed by atoms with E-state index in [9.17, 15) is 14.4 Å². The van der Waals surface area contributed by atoms with Crippen molar-refractivity contribution < 1.29 is 23.9 Å². The fourth-order valence-corrected chi connectivity index (χ4v) is 3.21. The Morgan fingerprint density at radius 2 is 1.68 bits per heavy atom. The standard InChI is InChI=1S/C18H28N2O5/c1-10(2)20(14(21)9-24-7)13(5)17(22)15-11(3)16(18(23)25-8)19(6)12(15)4/h10,13H,9H2,1-8H3. The highest BCUT2D eigenvalue weighted by Gasteiger charge is 2.33. The summed E-state index contributed by atoms with van der Waals surface area (Å²) in [6.07, 6.45) is 0. The minimum atomic E-state index is -0.673. The van der Waals surface area contributed by atoms with E-state index < -0.39 is 12.0 Å². The van der Waals surface area contributed by atoms with Crippen molar-refractivity contribution in [2.24, 2.45) is 7.05 Å². The fraction of sp³-hybridized carbons (Fsp3) is 0.611. The number of rotatable bonds is 7. The molecule has 0 aliphatic carbocycles. The molecule has 1 aromatic heterocycles. The second-order valence-corrected chi connectivity index (χ2v) is 6.35. The van der Waals surface area contributed by atoms with Gasteiger partial charge >= 0.3 is 5.97 Å². The van der Waals surface area contributed by atoms with Crippen LogP contribution in [0.4, 0.5) is 0 Å². The molecule has 140 valence electrons. The van der Waals surface area contributed by atoms with E-state index in [1.54, 1.807) is 32.4 Å². The smallest absolute Gasteiger partial charge is 0.354 e. The van der Waals surface area contributed by atoms with Crippen LogP contribution in [0.1, 0.15) is 52.9 Å². The van der Waals surface area contributed by atoms with Crippen molar-refractivity contribution in [2.45, 2.75) is 46.7 Å². The summed E-state index contributed by atoms with van der Waals surface area (Å²) in [6.45, 7) is 8.80. The molecule has 1 aromatic rings. The molecule has 0 radical (unpaired) electrons. The Morgan fingerprint density at radius 1 is 1.12 bits per heavy atom. The van der Waals surface area contributed by atoms with Crippen molar-refractivity contribution >= 4 is 17.7 Å². The molecule has 25 heavy (non-hydrogen) atoms. The van der Waals surface area contributed by atoms with E-state index in [1.807, 2.05) is 13.8 Å². The van der Waals surface area contributed by atoms with Crippen LogP contribution >= 0.6 is 0 Å². The average molecular weight is 352 g/mol. The number of aromatic nitrogens is 1. The fourth-order valence-electron chi connectivity index (χ4n) is 3.21. The summed E-state index contributed by atoms with van der Waals surface area (Å²) in [5.41, 5.74) is 2.02. The lowest BCUT2D eigenvalue weighted by Crippen LogP contribution is -2.48. The molecule has 0 aliphatic rings. The van der Waals surface area contributed by atoms with E-state index in [4.69, 9.17) is 9.47 Å². The molecule has 1 amide bonds. The van der Waals surface area contributed by atoms with Crippen LogP contribution in [0.3, 0.4) is 0 Å². The number of methoxy groups -OCH3 is 2. The lowest BCUT2D eigenvalue weighted by Gasteiger charge is -2.32. The minimum absolute atomic E-state index is 0.0873. The van der Waals surface area contributed by atoms with Crippen LogP contribution in [0.15, 0.2) is 0 Å². The molecule has 1 unspecified atom stereocenters. The van der Waals surface area contributed by atoms with Gasteiger partial charge in [0.15, 0.2) is 5.78 Å². The lowest BCUT2D eigenvalue weighted by molar-refractivity contribution is -0.138. The Kier molecular flexibility index (Phi) is 6.93. The van der Waals surface area contributed by atoms with Crippen molar-refractivity contribution in [2.75, 3.05) is 20.8 Å². The number of ether oxygens (including phenoxy) is 2. The van der Waals surface area contributed by atoms with Gasteiger partial charge in [-0.1, -0.05) is 0 Å². The van der Waals surface area contributed by atoms with Gasteiger partial charge in [-0.3, -0.25) is 9.59 Å². The normalized spacial score (nSPS) is 12.2. The number of Topliss-reactive ketones (excluding diaryl/α,β-unsaturated/α-hetero) is 1. The molecule has 0 saturated carbocycles. The highest BCUT2D eigenvalue weighted by molar-refractivity contribution is 6.06. The van der Waals surface area contributed by atoms with Crippen molar-refractivity contribution in [1.82, 2.24) is 9.47 Å². The summed E-state index contributed by atoms with van der Waals surface area (Å²) < 4.78 is 11.4. The van der Waals surface area contributed by atoms with Gasteiger partial charge in [0.2, 0.25) is 5.91 Å². The molecular weight excluding hydrogens is 324 g/mol. The van der Waals surface area contributed by atoms with Crippen LogP contribution in [-0.2, 0) is 21.3 Å². The van der Waals surface area contributed by atoms with Crippen molar-refractivity contribution in [1.29, 1.82) is 0 Å². The predicted molar refractivity (Wildman–Crippen MR) is 93.9 cm³/mol. The first-order valence-corrected chi connectivity index (χ1v) is 8.18. The summed E-state index contributed by atoms with van der Waals surface area (Å²) in [5.74, 6) is -0.956. The Balaban J connectivity index is 3.35. The van der Waals surface area contributed by atoms with E-state index in [1.165, 1.54) is 19.1 Å².